The van der Waals surface area contributed by atoms with E-state index in [9.17, 15) is 9.59 Å². The number of unbranched alkanes of at least 4 members (excludes halogenated alkanes) is 1. The molecule has 4 fully saturated rings. The van der Waals surface area contributed by atoms with Crippen LogP contribution in [0.5, 0.6) is 0 Å². The van der Waals surface area contributed by atoms with Crippen molar-refractivity contribution in [2.45, 2.75) is 87.4 Å². The molecule has 6 nitrogen and oxygen atoms in total. The number of amides is 2. The highest BCUT2D eigenvalue weighted by atomic mass is 35.5. The fourth-order valence-electron chi connectivity index (χ4n) is 8.66. The van der Waals surface area contributed by atoms with E-state index in [2.05, 4.69) is 58.8 Å². The lowest BCUT2D eigenvalue weighted by Gasteiger charge is -2.42. The number of hydrogen-bond acceptors (Lipinski definition) is 4. The van der Waals surface area contributed by atoms with E-state index in [1.807, 2.05) is 24.3 Å². The van der Waals surface area contributed by atoms with Crippen molar-refractivity contribution >= 4 is 35.0 Å². The molecule has 4 saturated heterocycles. The average molecular weight is 612 g/mol. The number of carbonyl (C=O) groups is 2. The van der Waals surface area contributed by atoms with E-state index in [-0.39, 0.29) is 47.6 Å². The number of benzene rings is 2. The van der Waals surface area contributed by atoms with Crippen molar-refractivity contribution in [1.82, 2.24) is 20.4 Å². The van der Waals surface area contributed by atoms with Crippen LogP contribution in [0.1, 0.15) is 74.3 Å². The molecule has 4 aliphatic heterocycles. The molecular weight excluding hydrogens is 567 g/mol. The Bertz CT molecular complexity index is 1160. The lowest BCUT2D eigenvalue weighted by molar-refractivity contribution is -0.130. The standard InChI is InChI=1S/C34H44Cl2N4O2/c1-39-25-13-15-29(39)31(27(19-25)21-5-9-23(35)10-6-21)33(41)37-17-3-4-18-38-34(42)32-28(22-7-11-24(36)12-8-22)20-26-14-16-30(32)40(26)2/h5-12,25-32H,3-4,13-20H2,1-2H3,(H,37,41)(H,38,42)/t25-,26-,27+,28+,29+,30+,31-,32-/m0/s1. The first-order valence-electron chi connectivity index (χ1n) is 15.8. The van der Waals surface area contributed by atoms with Crippen LogP contribution in [0.2, 0.25) is 10.0 Å². The number of hydrogen-bond donors (Lipinski definition) is 2. The summed E-state index contributed by atoms with van der Waals surface area (Å²) >= 11 is 12.3. The first-order valence-corrected chi connectivity index (χ1v) is 16.6. The monoisotopic (exact) mass is 610 g/mol. The Kier molecular flexibility index (Phi) is 9.16. The number of rotatable bonds is 9. The summed E-state index contributed by atoms with van der Waals surface area (Å²) in [6.45, 7) is 1.25. The number of halogens is 2. The molecule has 8 heteroatoms. The fraction of sp³-hybridized carbons (Fsp3) is 0.588. The molecule has 2 N–H and O–H groups in total. The van der Waals surface area contributed by atoms with E-state index in [0.717, 1.165) is 61.4 Å². The molecule has 4 aliphatic rings. The Morgan fingerprint density at radius 1 is 0.667 bits per heavy atom. The molecule has 2 aromatic rings. The highest BCUT2D eigenvalue weighted by Crippen LogP contribution is 2.47. The largest absolute Gasteiger partial charge is 0.356 e. The van der Waals surface area contributed by atoms with Crippen molar-refractivity contribution in [3.05, 3.63) is 69.7 Å². The molecule has 6 rings (SSSR count). The highest BCUT2D eigenvalue weighted by molar-refractivity contribution is 6.30. The van der Waals surface area contributed by atoms with Crippen LogP contribution < -0.4 is 10.6 Å². The molecule has 0 aliphatic carbocycles. The zero-order valence-electron chi connectivity index (χ0n) is 24.8. The van der Waals surface area contributed by atoms with Gasteiger partial charge in [-0.25, -0.2) is 0 Å². The Labute approximate surface area is 260 Å². The SMILES string of the molecule is CN1[C@H]2CC[C@@H]1[C@@H](C(=O)NCCCCNC(=O)[C@H]1[C@@H](c3ccc(Cl)cc3)C[C@@H]3CC[C@H]1N3C)[C@@H](c1ccc(Cl)cc1)C2. The molecule has 0 spiro atoms. The number of fused-ring (bicyclic) bond motifs is 4. The number of nitrogens with zero attached hydrogens (tertiary/aromatic N) is 2. The van der Waals surface area contributed by atoms with Crippen LogP contribution in [-0.4, -0.2) is 73.0 Å². The second kappa shape index (κ2) is 12.9. The third kappa shape index (κ3) is 5.97. The van der Waals surface area contributed by atoms with Crippen LogP contribution in [0.4, 0.5) is 0 Å². The summed E-state index contributed by atoms with van der Waals surface area (Å²) in [5.74, 6) is 0.627. The van der Waals surface area contributed by atoms with E-state index < -0.39 is 0 Å². The van der Waals surface area contributed by atoms with Gasteiger partial charge in [-0.2, -0.15) is 0 Å². The van der Waals surface area contributed by atoms with Crippen molar-refractivity contribution < 1.29 is 9.59 Å². The topological polar surface area (TPSA) is 64.7 Å². The Morgan fingerprint density at radius 3 is 1.43 bits per heavy atom. The Hall–Kier alpha value is -2.12. The summed E-state index contributed by atoms with van der Waals surface area (Å²) < 4.78 is 0. The molecule has 4 bridgehead atoms. The third-order valence-electron chi connectivity index (χ3n) is 10.9. The van der Waals surface area contributed by atoms with E-state index in [1.54, 1.807) is 0 Å². The summed E-state index contributed by atoms with van der Waals surface area (Å²) in [5, 5.41) is 7.97. The third-order valence-corrected chi connectivity index (χ3v) is 11.4. The fourth-order valence-corrected chi connectivity index (χ4v) is 8.91. The van der Waals surface area contributed by atoms with Gasteiger partial charge >= 0.3 is 0 Å². The van der Waals surface area contributed by atoms with Crippen LogP contribution in [0.15, 0.2) is 48.5 Å². The zero-order valence-corrected chi connectivity index (χ0v) is 26.3. The molecule has 8 atom stereocenters. The van der Waals surface area contributed by atoms with Gasteiger partial charge in [0.15, 0.2) is 0 Å². The number of nitrogens with one attached hydrogen (secondary N) is 2. The molecule has 0 unspecified atom stereocenters. The normalized spacial score (nSPS) is 32.6. The van der Waals surface area contributed by atoms with Crippen LogP contribution in [0.3, 0.4) is 0 Å². The Balaban J connectivity index is 1.01. The molecule has 0 radical (unpaired) electrons. The summed E-state index contributed by atoms with van der Waals surface area (Å²) in [6, 6.07) is 17.8. The lowest BCUT2D eigenvalue weighted by atomic mass is 9.75. The maximum atomic E-state index is 13.6. The van der Waals surface area contributed by atoms with Crippen molar-refractivity contribution in [1.29, 1.82) is 0 Å². The van der Waals surface area contributed by atoms with Gasteiger partial charge in [-0.3, -0.25) is 19.4 Å². The molecule has 2 aromatic carbocycles. The molecule has 42 heavy (non-hydrogen) atoms. The first kappa shape index (κ1) is 29.9. The lowest BCUT2D eigenvalue weighted by Crippen LogP contribution is -2.52. The zero-order chi connectivity index (χ0) is 29.4. The second-order valence-corrected chi connectivity index (χ2v) is 13.9. The minimum atomic E-state index is -0.0574. The van der Waals surface area contributed by atoms with Gasteiger partial charge in [0, 0.05) is 47.3 Å². The van der Waals surface area contributed by atoms with E-state index in [4.69, 9.17) is 23.2 Å². The van der Waals surface area contributed by atoms with Gasteiger partial charge in [-0.05, 0) is 113 Å². The number of piperidine rings is 2. The summed E-state index contributed by atoms with van der Waals surface area (Å²) in [6.07, 6.45) is 8.16. The van der Waals surface area contributed by atoms with Gasteiger partial charge in [0.25, 0.3) is 0 Å². The van der Waals surface area contributed by atoms with E-state index in [0.29, 0.717) is 25.2 Å². The highest BCUT2D eigenvalue weighted by Gasteiger charge is 2.50. The van der Waals surface area contributed by atoms with Crippen molar-refractivity contribution in [2.75, 3.05) is 27.2 Å². The molecular formula is C34H44Cl2N4O2. The predicted octanol–water partition coefficient (Wildman–Crippen LogP) is 5.84. The molecule has 0 saturated carbocycles. The van der Waals surface area contributed by atoms with Crippen LogP contribution in [0, 0.1) is 11.8 Å². The molecule has 0 aromatic heterocycles. The van der Waals surface area contributed by atoms with Crippen LogP contribution >= 0.6 is 23.2 Å². The van der Waals surface area contributed by atoms with Gasteiger partial charge in [0.1, 0.15) is 0 Å². The van der Waals surface area contributed by atoms with Gasteiger partial charge in [-0.15, -0.1) is 0 Å². The maximum absolute atomic E-state index is 13.6. The predicted molar refractivity (Wildman–Crippen MR) is 169 cm³/mol. The summed E-state index contributed by atoms with van der Waals surface area (Å²) in [5.41, 5.74) is 2.43. The number of carbonyl (C=O) groups excluding carboxylic acids is 2. The molecule has 226 valence electrons. The maximum Gasteiger partial charge on any atom is 0.225 e. The van der Waals surface area contributed by atoms with Gasteiger partial charge < -0.3 is 10.6 Å². The molecule has 4 heterocycles. The summed E-state index contributed by atoms with van der Waals surface area (Å²) in [7, 11) is 4.35. The molecule has 2 amide bonds. The second-order valence-electron chi connectivity index (χ2n) is 13.1. The minimum Gasteiger partial charge on any atom is -0.356 e. The minimum absolute atomic E-state index is 0.0574. The van der Waals surface area contributed by atoms with Crippen LogP contribution in [0.25, 0.3) is 0 Å². The average Bonchev–Trinajstić information content (AvgIpc) is 3.34. The first-order chi connectivity index (χ1) is 20.3. The van der Waals surface area contributed by atoms with Crippen molar-refractivity contribution in [2.24, 2.45) is 11.8 Å². The smallest absolute Gasteiger partial charge is 0.225 e. The van der Waals surface area contributed by atoms with Crippen molar-refractivity contribution in [3.8, 4) is 0 Å². The Morgan fingerprint density at radius 2 is 1.05 bits per heavy atom. The van der Waals surface area contributed by atoms with E-state index >= 15 is 0 Å². The van der Waals surface area contributed by atoms with Gasteiger partial charge in [0.2, 0.25) is 11.8 Å². The summed E-state index contributed by atoms with van der Waals surface area (Å²) in [4.78, 5) is 32.0. The van der Waals surface area contributed by atoms with Gasteiger partial charge in [0.05, 0.1) is 11.8 Å². The van der Waals surface area contributed by atoms with Crippen LogP contribution in [-0.2, 0) is 9.59 Å². The van der Waals surface area contributed by atoms with E-state index in [1.165, 1.54) is 11.1 Å². The van der Waals surface area contributed by atoms with Crippen molar-refractivity contribution in [3.63, 3.8) is 0 Å². The van der Waals surface area contributed by atoms with Gasteiger partial charge in [-0.1, -0.05) is 47.5 Å². The quantitative estimate of drug-likeness (QED) is 0.350.